The van der Waals surface area contributed by atoms with Crippen molar-refractivity contribution in [2.45, 2.75) is 117 Å². The number of rotatable bonds is 16. The summed E-state index contributed by atoms with van der Waals surface area (Å²) in [6.07, 6.45) is 19.1. The third-order valence-corrected chi connectivity index (χ3v) is 4.84. The molecule has 0 saturated carbocycles. The minimum atomic E-state index is -0.750. The molecule has 0 spiro atoms. The molecule has 0 aromatic rings. The van der Waals surface area contributed by atoms with Crippen LogP contribution in [0.2, 0.25) is 0 Å². The number of unbranched alkanes of at least 4 members (excludes halogenated alkanes) is 13. The Kier molecular flexibility index (Phi) is 29.2. The molecule has 0 atom stereocenters. The van der Waals surface area contributed by atoms with Gasteiger partial charge in [0.1, 0.15) is 5.24 Å². The topological polar surface area (TPSA) is 63.4 Å². The predicted octanol–water partition coefficient (Wildman–Crippen LogP) is 6.45. The minimum absolute atomic E-state index is 0. The maximum atomic E-state index is 11.3. The first-order chi connectivity index (χ1) is 12.8. The number of hydrogen-bond acceptors (Lipinski definition) is 4. The average Bonchev–Trinajstić information content (AvgIpc) is 2.57. The van der Waals surface area contributed by atoms with E-state index in [-0.39, 0.29) is 30.8 Å². The predicted molar refractivity (Wildman–Crippen MR) is 122 cm³/mol. The Morgan fingerprint density at radius 3 is 1.29 bits per heavy atom. The van der Waals surface area contributed by atoms with E-state index < -0.39 is 5.24 Å². The third-order valence-electron chi connectivity index (χ3n) is 4.61. The number of carbonyl (C=O) groups is 2. The average molecular weight is 484 g/mol. The van der Waals surface area contributed by atoms with Gasteiger partial charge in [-0.15, -0.1) is 0 Å². The van der Waals surface area contributed by atoms with Gasteiger partial charge in [0, 0.05) is 12.6 Å². The number of amides is 2. The molecule has 0 heterocycles. The Bertz CT molecular complexity index is 355. The van der Waals surface area contributed by atoms with E-state index in [0.29, 0.717) is 0 Å². The van der Waals surface area contributed by atoms with Crippen molar-refractivity contribution in [1.29, 1.82) is 0 Å². The molecule has 0 bridgehead atoms. The van der Waals surface area contributed by atoms with Gasteiger partial charge in [-0.3, -0.25) is 0 Å². The monoisotopic (exact) mass is 482 g/mol. The largest absolute Gasteiger partial charge is 2.00 e. The van der Waals surface area contributed by atoms with Gasteiger partial charge in [-0.2, -0.15) is 0 Å². The molecular weight excluding hydrogens is 442 g/mol. The fourth-order valence-corrected chi connectivity index (χ4v) is 3.34. The summed E-state index contributed by atoms with van der Waals surface area (Å²) in [7, 11) is 0. The molecule has 162 valence electrons. The Hall–Kier alpha value is 0.00338. The van der Waals surface area contributed by atoms with Gasteiger partial charge in [0.25, 0.3) is 0 Å². The zero-order valence-corrected chi connectivity index (χ0v) is 23.1. The van der Waals surface area contributed by atoms with Crippen LogP contribution in [0.3, 0.4) is 0 Å². The van der Waals surface area contributed by atoms with E-state index in [9.17, 15) is 4.79 Å². The Labute approximate surface area is 198 Å². The molecule has 0 aliphatic carbocycles. The van der Waals surface area contributed by atoms with E-state index in [1.54, 1.807) is 4.90 Å². The molecule has 4 nitrogen and oxygen atoms in total. The summed E-state index contributed by atoms with van der Waals surface area (Å²) in [4.78, 5) is 22.1. The summed E-state index contributed by atoms with van der Waals surface area (Å²) in [5.74, 6) is 0. The molecular formula is C21H42N2O2S2Zn. The van der Waals surface area contributed by atoms with Crippen molar-refractivity contribution in [2.24, 2.45) is 5.73 Å². The summed E-state index contributed by atoms with van der Waals surface area (Å²) in [6.45, 7) is 7.18. The summed E-state index contributed by atoms with van der Waals surface area (Å²) in [5.41, 5.74) is 4.29. The number of carbonyl (C=O) groups excluding carboxylic acids is 2. The van der Waals surface area contributed by atoms with E-state index in [2.05, 4.69) is 25.3 Å². The van der Waals surface area contributed by atoms with Crippen LogP contribution in [0.4, 0.5) is 9.59 Å². The van der Waals surface area contributed by atoms with E-state index in [0.717, 1.165) is 13.0 Å². The van der Waals surface area contributed by atoms with Crippen molar-refractivity contribution in [3.63, 3.8) is 0 Å². The van der Waals surface area contributed by atoms with Crippen molar-refractivity contribution in [3.8, 4) is 0 Å². The van der Waals surface area contributed by atoms with Gasteiger partial charge in [-0.1, -0.05) is 90.4 Å². The normalized spacial score (nSPS) is 10.0. The molecule has 0 radical (unpaired) electrons. The first kappa shape index (κ1) is 32.7. The summed E-state index contributed by atoms with van der Waals surface area (Å²) in [6, 6.07) is 0.238. The summed E-state index contributed by atoms with van der Waals surface area (Å²) in [5, 5.41) is -0.949. The number of primary amides is 1. The van der Waals surface area contributed by atoms with Gasteiger partial charge >= 0.3 is 19.5 Å². The van der Waals surface area contributed by atoms with E-state index in [1.807, 2.05) is 13.8 Å². The van der Waals surface area contributed by atoms with Crippen molar-refractivity contribution >= 4 is 35.7 Å². The van der Waals surface area contributed by atoms with Crippen molar-refractivity contribution < 1.29 is 29.1 Å². The second-order valence-electron chi connectivity index (χ2n) is 7.47. The van der Waals surface area contributed by atoms with Gasteiger partial charge in [0.15, 0.2) is 0 Å². The fourth-order valence-electron chi connectivity index (χ4n) is 3.04. The van der Waals surface area contributed by atoms with Crippen molar-refractivity contribution in [3.05, 3.63) is 0 Å². The minimum Gasteiger partial charge on any atom is -0.719 e. The fraction of sp³-hybridized carbons (Fsp3) is 0.905. The van der Waals surface area contributed by atoms with Gasteiger partial charge in [0.05, 0.1) is 5.24 Å². The molecule has 0 unspecified atom stereocenters. The molecule has 2 N–H and O–H groups in total. The zero-order chi connectivity index (χ0) is 20.9. The summed E-state index contributed by atoms with van der Waals surface area (Å²) >= 11 is 8.52. The quantitative estimate of drug-likeness (QED) is 0.155. The van der Waals surface area contributed by atoms with Crippen molar-refractivity contribution in [2.75, 3.05) is 6.54 Å². The second kappa shape index (κ2) is 25.0. The first-order valence-corrected chi connectivity index (χ1v) is 11.6. The Morgan fingerprint density at radius 2 is 1.04 bits per heavy atom. The van der Waals surface area contributed by atoms with Crippen LogP contribution in [0.25, 0.3) is 0 Å². The van der Waals surface area contributed by atoms with Crippen LogP contribution >= 0.6 is 0 Å². The van der Waals surface area contributed by atoms with Crippen LogP contribution in [-0.4, -0.2) is 28.0 Å². The van der Waals surface area contributed by atoms with Crippen LogP contribution in [0, 0.1) is 0 Å². The standard InChI is InChI=1S/C20H41NOS.CH3NOS.Zn/c1-4-5-6-7-8-9-10-11-12-13-14-15-16-17-18-21(19(2)3)20(22)23;2-1(3)4;/h19H,4-18H2,1-3H3,(H,22,23);(H3,2,3,4);/q;;+2/p-2. The smallest absolute Gasteiger partial charge is 0.719 e. The van der Waals surface area contributed by atoms with Crippen LogP contribution in [0.15, 0.2) is 0 Å². The maximum Gasteiger partial charge on any atom is 2.00 e. The van der Waals surface area contributed by atoms with E-state index in [1.165, 1.54) is 83.5 Å². The molecule has 28 heavy (non-hydrogen) atoms. The molecule has 0 rings (SSSR count). The first-order valence-electron chi connectivity index (χ1n) is 10.8. The van der Waals surface area contributed by atoms with Gasteiger partial charge < -0.3 is 45.5 Å². The molecule has 0 saturated heterocycles. The molecule has 0 fully saturated rings. The molecule has 0 aromatic heterocycles. The number of nitrogens with two attached hydrogens (primary N) is 1. The Balaban J connectivity index is -0.00000113. The molecule has 2 amide bonds. The maximum absolute atomic E-state index is 11.3. The van der Waals surface area contributed by atoms with Gasteiger partial charge in [-0.25, -0.2) is 0 Å². The molecule has 7 heteroatoms. The molecule has 0 aliphatic rings. The van der Waals surface area contributed by atoms with Crippen LogP contribution in [0.1, 0.15) is 111 Å². The SMILES string of the molecule is CCCCCCCCCCCCCCCCN(C(=O)[S-])C(C)C.NC(=O)[S-].[Zn+2]. The Morgan fingerprint density at radius 1 is 0.750 bits per heavy atom. The third kappa shape index (κ3) is 28.2. The van der Waals surface area contributed by atoms with E-state index in [4.69, 9.17) is 17.4 Å². The van der Waals surface area contributed by atoms with Crippen LogP contribution in [0.5, 0.6) is 0 Å². The number of nitrogens with zero attached hydrogens (tertiary/aromatic N) is 1. The second-order valence-corrected chi connectivity index (χ2v) is 8.22. The van der Waals surface area contributed by atoms with E-state index >= 15 is 0 Å². The van der Waals surface area contributed by atoms with Crippen LogP contribution < -0.4 is 5.73 Å². The molecule has 0 aliphatic heterocycles. The zero-order valence-electron chi connectivity index (χ0n) is 18.5. The number of hydrogen-bond donors (Lipinski definition) is 1. The van der Waals surface area contributed by atoms with Gasteiger partial charge in [-0.05, 0) is 20.3 Å². The molecule has 0 aromatic carbocycles. The van der Waals surface area contributed by atoms with Gasteiger partial charge in [0.2, 0.25) is 0 Å². The summed E-state index contributed by atoms with van der Waals surface area (Å²) < 4.78 is 0. The van der Waals surface area contributed by atoms with Crippen LogP contribution in [-0.2, 0) is 44.7 Å². The van der Waals surface area contributed by atoms with Crippen molar-refractivity contribution in [1.82, 2.24) is 4.90 Å².